The van der Waals surface area contributed by atoms with Gasteiger partial charge in [-0.25, -0.2) is 30.7 Å². The number of ether oxygens (including phenoxy) is 1. The van der Waals surface area contributed by atoms with E-state index in [1.54, 1.807) is 0 Å². The van der Waals surface area contributed by atoms with Crippen molar-refractivity contribution in [2.75, 3.05) is 0 Å². The van der Waals surface area contributed by atoms with Crippen LogP contribution < -0.4 is 0 Å². The van der Waals surface area contributed by atoms with Gasteiger partial charge in [0, 0.05) is 0 Å². The van der Waals surface area contributed by atoms with Crippen molar-refractivity contribution in [3.63, 3.8) is 0 Å². The van der Waals surface area contributed by atoms with Gasteiger partial charge in [0.25, 0.3) is 18.6 Å². The zero-order chi connectivity index (χ0) is 11.8. The summed E-state index contributed by atoms with van der Waals surface area (Å²) in [7, 11) is 0. The maximum absolute atomic E-state index is 13.1. The molecule has 88 valence electrons. The molecule has 0 aliphatic heterocycles. The Morgan fingerprint density at radius 2 is 1.80 bits per heavy atom. The van der Waals surface area contributed by atoms with Crippen LogP contribution in [0.25, 0.3) is 0 Å². The lowest BCUT2D eigenvalue weighted by molar-refractivity contribution is -0.259. The first-order valence-electron chi connectivity index (χ1n) is 3.74. The molecule has 4 atom stereocenters. The van der Waals surface area contributed by atoms with Crippen LogP contribution in [0.1, 0.15) is 0 Å². The molecule has 0 saturated carbocycles. The van der Waals surface area contributed by atoms with E-state index in [0.717, 1.165) is 0 Å². The minimum Gasteiger partial charge on any atom is -0.298 e. The number of alkyl halides is 6. The predicted molar refractivity (Wildman–Crippen MR) is 34.8 cm³/mol. The van der Waals surface area contributed by atoms with Crippen LogP contribution in [0.5, 0.6) is 0 Å². The predicted octanol–water partition coefficient (Wildman–Crippen LogP) is 2.77. The summed E-state index contributed by atoms with van der Waals surface area (Å²) in [4.78, 5) is 0. The normalized spacial score (nSPS) is 38.3. The molecule has 0 N–H and O–H groups in total. The molecule has 0 bridgehead atoms. The van der Waals surface area contributed by atoms with E-state index in [9.17, 15) is 30.7 Å². The van der Waals surface area contributed by atoms with Crippen LogP contribution in [0.15, 0.2) is 11.9 Å². The molecule has 4 unspecified atom stereocenters. The Bertz CT molecular complexity index is 268. The molecule has 1 aliphatic carbocycles. The van der Waals surface area contributed by atoms with Crippen molar-refractivity contribution < 1.29 is 35.5 Å². The SMILES string of the molecule is FC1=CC(F)C(F)C1(F)OC(F)C(F)F. The van der Waals surface area contributed by atoms with Crippen LogP contribution in [0, 0.1) is 0 Å². The largest absolute Gasteiger partial charge is 0.298 e. The van der Waals surface area contributed by atoms with Crippen molar-refractivity contribution in [1.29, 1.82) is 0 Å². The second-order valence-electron chi connectivity index (χ2n) is 2.81. The molecular weight excluding hydrogens is 233 g/mol. The maximum atomic E-state index is 13.1. The summed E-state index contributed by atoms with van der Waals surface area (Å²) in [5, 5.41) is 0. The zero-order valence-electron chi connectivity index (χ0n) is 6.94. The van der Waals surface area contributed by atoms with Gasteiger partial charge in [-0.05, 0) is 6.08 Å². The third kappa shape index (κ3) is 2.09. The molecular formula is C7H5F7O. The molecule has 8 heteroatoms. The van der Waals surface area contributed by atoms with Crippen molar-refractivity contribution in [2.24, 2.45) is 0 Å². The Morgan fingerprint density at radius 1 is 1.27 bits per heavy atom. The third-order valence-electron chi connectivity index (χ3n) is 1.75. The number of rotatable bonds is 3. The summed E-state index contributed by atoms with van der Waals surface area (Å²) >= 11 is 0. The van der Waals surface area contributed by atoms with Gasteiger partial charge in [0.1, 0.15) is 0 Å². The summed E-state index contributed by atoms with van der Waals surface area (Å²) < 4.78 is 89.3. The third-order valence-corrected chi connectivity index (χ3v) is 1.75. The lowest BCUT2D eigenvalue weighted by Crippen LogP contribution is -2.42. The molecule has 15 heavy (non-hydrogen) atoms. The topological polar surface area (TPSA) is 9.23 Å². The van der Waals surface area contributed by atoms with E-state index < -0.39 is 36.8 Å². The van der Waals surface area contributed by atoms with Crippen molar-refractivity contribution in [2.45, 2.75) is 31.0 Å². The Morgan fingerprint density at radius 3 is 2.13 bits per heavy atom. The molecule has 0 radical (unpaired) electrons. The molecule has 0 amide bonds. The van der Waals surface area contributed by atoms with Crippen molar-refractivity contribution in [1.82, 2.24) is 0 Å². The maximum Gasteiger partial charge on any atom is 0.298 e. The molecule has 0 spiro atoms. The van der Waals surface area contributed by atoms with E-state index in [2.05, 4.69) is 4.74 Å². The number of allylic oxidation sites excluding steroid dienone is 1. The second kappa shape index (κ2) is 3.99. The minimum atomic E-state index is -4.12. The molecule has 0 heterocycles. The van der Waals surface area contributed by atoms with E-state index in [1.165, 1.54) is 0 Å². The molecule has 0 fully saturated rings. The first kappa shape index (κ1) is 12.3. The highest BCUT2D eigenvalue weighted by Crippen LogP contribution is 2.41. The first-order valence-corrected chi connectivity index (χ1v) is 3.74. The second-order valence-corrected chi connectivity index (χ2v) is 2.81. The van der Waals surface area contributed by atoms with Gasteiger partial charge in [-0.15, -0.1) is 0 Å². The van der Waals surface area contributed by atoms with E-state index in [4.69, 9.17) is 0 Å². The lowest BCUT2D eigenvalue weighted by Gasteiger charge is -2.24. The highest BCUT2D eigenvalue weighted by molar-refractivity contribution is 5.21. The monoisotopic (exact) mass is 238 g/mol. The first-order chi connectivity index (χ1) is 6.79. The van der Waals surface area contributed by atoms with Crippen molar-refractivity contribution >= 4 is 0 Å². The molecule has 0 aromatic carbocycles. The van der Waals surface area contributed by atoms with Gasteiger partial charge in [0.2, 0.25) is 6.17 Å². The zero-order valence-corrected chi connectivity index (χ0v) is 6.94. The summed E-state index contributed by atoms with van der Waals surface area (Å²) in [6.45, 7) is 0. The average Bonchev–Trinajstić information content (AvgIpc) is 2.31. The van der Waals surface area contributed by atoms with Crippen LogP contribution in [-0.4, -0.2) is 31.0 Å². The fourth-order valence-corrected chi connectivity index (χ4v) is 1.01. The van der Waals surface area contributed by atoms with E-state index in [-0.39, 0.29) is 6.08 Å². The van der Waals surface area contributed by atoms with Crippen LogP contribution >= 0.6 is 0 Å². The average molecular weight is 238 g/mol. The minimum absolute atomic E-state index is 0.136. The summed E-state index contributed by atoms with van der Waals surface area (Å²) in [5.74, 6) is -6.21. The Hall–Kier alpha value is -0.790. The molecule has 1 rings (SSSR count). The molecule has 0 saturated heterocycles. The highest BCUT2D eigenvalue weighted by atomic mass is 19.3. The Kier molecular flexibility index (Phi) is 3.27. The van der Waals surface area contributed by atoms with Crippen LogP contribution in [0.4, 0.5) is 30.7 Å². The number of hydrogen-bond acceptors (Lipinski definition) is 1. The van der Waals surface area contributed by atoms with E-state index >= 15 is 0 Å². The standard InChI is InChI=1S/C7H5F7O/c8-2-1-3(9)7(14,4(2)10)15-6(13)5(11)12/h1-2,4-6H. The van der Waals surface area contributed by atoms with Gasteiger partial charge in [-0.3, -0.25) is 4.74 Å². The van der Waals surface area contributed by atoms with Gasteiger partial charge in [0.05, 0.1) is 0 Å². The quantitative estimate of drug-likeness (QED) is 0.687. The van der Waals surface area contributed by atoms with Crippen LogP contribution in [0.2, 0.25) is 0 Å². The molecule has 1 nitrogen and oxygen atoms in total. The van der Waals surface area contributed by atoms with Crippen LogP contribution in [0.3, 0.4) is 0 Å². The van der Waals surface area contributed by atoms with Gasteiger partial charge in [0.15, 0.2) is 12.0 Å². The summed E-state index contributed by atoms with van der Waals surface area (Å²) in [5.41, 5.74) is 0. The highest BCUT2D eigenvalue weighted by Gasteiger charge is 2.57. The Balaban J connectivity index is 2.79. The van der Waals surface area contributed by atoms with Crippen LogP contribution in [-0.2, 0) is 4.74 Å². The van der Waals surface area contributed by atoms with Crippen molar-refractivity contribution in [3.05, 3.63) is 11.9 Å². The molecule has 1 aliphatic rings. The molecule has 0 aromatic rings. The Labute approximate surface area is 79.5 Å². The van der Waals surface area contributed by atoms with Crippen molar-refractivity contribution in [3.8, 4) is 0 Å². The number of halogens is 7. The summed E-state index contributed by atoms with van der Waals surface area (Å²) in [6.07, 6.45) is -13.3. The lowest BCUT2D eigenvalue weighted by atomic mass is 10.2. The van der Waals surface area contributed by atoms with Gasteiger partial charge < -0.3 is 0 Å². The van der Waals surface area contributed by atoms with Gasteiger partial charge in [-0.1, -0.05) is 0 Å². The fourth-order valence-electron chi connectivity index (χ4n) is 1.01. The fraction of sp³-hybridized carbons (Fsp3) is 0.714. The molecule has 0 aromatic heterocycles. The summed E-state index contributed by atoms with van der Waals surface area (Å²) in [6, 6.07) is 0. The van der Waals surface area contributed by atoms with E-state index in [1.807, 2.05) is 0 Å². The van der Waals surface area contributed by atoms with E-state index in [0.29, 0.717) is 0 Å². The van der Waals surface area contributed by atoms with Gasteiger partial charge in [-0.2, -0.15) is 0 Å². The smallest absolute Gasteiger partial charge is 0.298 e. The van der Waals surface area contributed by atoms with Gasteiger partial charge >= 0.3 is 0 Å². The number of hydrogen-bond donors (Lipinski definition) is 0.